The lowest BCUT2D eigenvalue weighted by Gasteiger charge is -2.11. The predicted molar refractivity (Wildman–Crippen MR) is 65.8 cm³/mol. The van der Waals surface area contributed by atoms with Crippen LogP contribution in [0.2, 0.25) is 0 Å². The average molecular weight is 236 g/mol. The van der Waals surface area contributed by atoms with Crippen LogP contribution in [0.25, 0.3) is 0 Å². The minimum atomic E-state index is 0.208. The summed E-state index contributed by atoms with van der Waals surface area (Å²) in [6.45, 7) is 4.16. The van der Waals surface area contributed by atoms with Gasteiger partial charge in [-0.2, -0.15) is 0 Å². The molecule has 2 rings (SSSR count). The Hall–Kier alpha value is -1.13. The predicted octanol–water partition coefficient (Wildman–Crippen LogP) is 2.86. The Labute approximate surface area is 99.5 Å². The summed E-state index contributed by atoms with van der Waals surface area (Å²) in [5.74, 6) is 0.966. The van der Waals surface area contributed by atoms with E-state index in [4.69, 9.17) is 4.42 Å². The van der Waals surface area contributed by atoms with E-state index in [0.29, 0.717) is 0 Å². The summed E-state index contributed by atoms with van der Waals surface area (Å²) >= 11 is 1.76. The molecule has 0 amide bonds. The SMILES string of the molecule is CNC(Cc1nc(C)c(C)s1)c1ccco1. The highest BCUT2D eigenvalue weighted by Crippen LogP contribution is 2.23. The van der Waals surface area contributed by atoms with Crippen molar-refractivity contribution in [2.45, 2.75) is 26.3 Å². The summed E-state index contributed by atoms with van der Waals surface area (Å²) in [5, 5.41) is 4.41. The summed E-state index contributed by atoms with van der Waals surface area (Å²) in [4.78, 5) is 5.84. The fourth-order valence-electron chi connectivity index (χ4n) is 1.64. The first-order valence-corrected chi connectivity index (χ1v) is 6.16. The van der Waals surface area contributed by atoms with Gasteiger partial charge in [0.1, 0.15) is 5.76 Å². The molecular formula is C12H16N2OS. The number of aryl methyl sites for hydroxylation is 2. The molecule has 0 radical (unpaired) electrons. The lowest BCUT2D eigenvalue weighted by atomic mass is 10.1. The molecule has 16 heavy (non-hydrogen) atoms. The van der Waals surface area contributed by atoms with Crippen LogP contribution in [-0.4, -0.2) is 12.0 Å². The molecule has 0 spiro atoms. The molecule has 0 bridgehead atoms. The van der Waals surface area contributed by atoms with Crippen molar-refractivity contribution in [3.63, 3.8) is 0 Å². The number of nitrogens with zero attached hydrogens (tertiary/aromatic N) is 1. The summed E-state index contributed by atoms with van der Waals surface area (Å²) in [6.07, 6.45) is 2.58. The lowest BCUT2D eigenvalue weighted by Crippen LogP contribution is -2.18. The summed E-state index contributed by atoms with van der Waals surface area (Å²) in [7, 11) is 1.94. The molecule has 0 saturated heterocycles. The molecule has 2 aromatic heterocycles. The highest BCUT2D eigenvalue weighted by atomic mass is 32.1. The second-order valence-corrected chi connectivity index (χ2v) is 5.10. The monoisotopic (exact) mass is 236 g/mol. The van der Waals surface area contributed by atoms with E-state index in [1.165, 1.54) is 4.88 Å². The van der Waals surface area contributed by atoms with Gasteiger partial charge in [0.05, 0.1) is 23.0 Å². The van der Waals surface area contributed by atoms with Crippen molar-refractivity contribution in [2.75, 3.05) is 7.05 Å². The van der Waals surface area contributed by atoms with Crippen molar-refractivity contribution >= 4 is 11.3 Å². The maximum absolute atomic E-state index is 5.41. The summed E-state index contributed by atoms with van der Waals surface area (Å²) in [5.41, 5.74) is 1.13. The van der Waals surface area contributed by atoms with Gasteiger partial charge in [-0.1, -0.05) is 0 Å². The Morgan fingerprint density at radius 3 is 2.81 bits per heavy atom. The molecule has 1 unspecified atom stereocenters. The second kappa shape index (κ2) is 4.80. The topological polar surface area (TPSA) is 38.1 Å². The minimum absolute atomic E-state index is 0.208. The van der Waals surface area contributed by atoms with E-state index < -0.39 is 0 Å². The van der Waals surface area contributed by atoms with Crippen LogP contribution >= 0.6 is 11.3 Å². The minimum Gasteiger partial charge on any atom is -0.468 e. The van der Waals surface area contributed by atoms with Crippen molar-refractivity contribution < 1.29 is 4.42 Å². The number of hydrogen-bond donors (Lipinski definition) is 1. The van der Waals surface area contributed by atoms with Gasteiger partial charge in [0.2, 0.25) is 0 Å². The zero-order valence-corrected chi connectivity index (χ0v) is 10.6. The molecule has 0 fully saturated rings. The Bertz CT molecular complexity index is 428. The number of rotatable bonds is 4. The normalized spacial score (nSPS) is 12.9. The number of nitrogens with one attached hydrogen (secondary N) is 1. The first-order valence-electron chi connectivity index (χ1n) is 5.34. The number of furan rings is 1. The second-order valence-electron chi connectivity index (χ2n) is 3.81. The fourth-order valence-corrected chi connectivity index (χ4v) is 2.61. The summed E-state index contributed by atoms with van der Waals surface area (Å²) < 4.78 is 5.41. The van der Waals surface area contributed by atoms with E-state index in [1.54, 1.807) is 17.6 Å². The van der Waals surface area contributed by atoms with Crippen LogP contribution in [-0.2, 0) is 6.42 Å². The molecular weight excluding hydrogens is 220 g/mol. The van der Waals surface area contributed by atoms with E-state index in [-0.39, 0.29) is 6.04 Å². The fraction of sp³-hybridized carbons (Fsp3) is 0.417. The van der Waals surface area contributed by atoms with Crippen LogP contribution in [0, 0.1) is 13.8 Å². The molecule has 3 nitrogen and oxygen atoms in total. The molecule has 0 aliphatic carbocycles. The van der Waals surface area contributed by atoms with Crippen molar-refractivity contribution in [1.82, 2.24) is 10.3 Å². The van der Waals surface area contributed by atoms with Gasteiger partial charge < -0.3 is 9.73 Å². The van der Waals surface area contributed by atoms with Crippen LogP contribution in [0.4, 0.5) is 0 Å². The van der Waals surface area contributed by atoms with E-state index >= 15 is 0 Å². The Kier molecular flexibility index (Phi) is 3.41. The Balaban J connectivity index is 2.13. The molecule has 2 heterocycles. The number of hydrogen-bond acceptors (Lipinski definition) is 4. The van der Waals surface area contributed by atoms with Gasteiger partial charge in [-0.3, -0.25) is 0 Å². The molecule has 1 N–H and O–H groups in total. The lowest BCUT2D eigenvalue weighted by molar-refractivity contribution is 0.429. The van der Waals surface area contributed by atoms with E-state index in [2.05, 4.69) is 24.1 Å². The zero-order valence-electron chi connectivity index (χ0n) is 9.78. The molecule has 4 heteroatoms. The first-order chi connectivity index (χ1) is 7.70. The standard InChI is InChI=1S/C12H16N2OS/c1-8-9(2)16-12(14-8)7-10(13-3)11-5-4-6-15-11/h4-6,10,13H,7H2,1-3H3. The van der Waals surface area contributed by atoms with Crippen molar-refractivity contribution in [3.05, 3.63) is 39.7 Å². The molecule has 0 aromatic carbocycles. The molecule has 0 saturated carbocycles. The van der Waals surface area contributed by atoms with E-state index in [9.17, 15) is 0 Å². The number of aromatic nitrogens is 1. The highest BCUT2D eigenvalue weighted by molar-refractivity contribution is 7.11. The van der Waals surface area contributed by atoms with Gasteiger partial charge in [0.25, 0.3) is 0 Å². The third-order valence-corrected chi connectivity index (χ3v) is 3.78. The van der Waals surface area contributed by atoms with Crippen LogP contribution in [0.3, 0.4) is 0 Å². The first kappa shape index (κ1) is 11.4. The smallest absolute Gasteiger partial charge is 0.121 e. The van der Waals surface area contributed by atoms with Crippen LogP contribution in [0.1, 0.15) is 27.4 Å². The van der Waals surface area contributed by atoms with Crippen molar-refractivity contribution in [2.24, 2.45) is 0 Å². The molecule has 2 aromatic rings. The highest BCUT2D eigenvalue weighted by Gasteiger charge is 2.15. The zero-order chi connectivity index (χ0) is 11.5. The Morgan fingerprint density at radius 2 is 2.31 bits per heavy atom. The van der Waals surface area contributed by atoms with Gasteiger partial charge >= 0.3 is 0 Å². The van der Waals surface area contributed by atoms with Gasteiger partial charge in [0.15, 0.2) is 0 Å². The van der Waals surface area contributed by atoms with Gasteiger partial charge in [-0.25, -0.2) is 4.98 Å². The molecule has 86 valence electrons. The average Bonchev–Trinajstić information content (AvgIpc) is 2.86. The quantitative estimate of drug-likeness (QED) is 0.887. The van der Waals surface area contributed by atoms with Gasteiger partial charge in [0, 0.05) is 11.3 Å². The van der Waals surface area contributed by atoms with Gasteiger partial charge in [-0.15, -0.1) is 11.3 Å². The number of thiazole rings is 1. The molecule has 0 aliphatic rings. The molecule has 1 atom stereocenters. The summed E-state index contributed by atoms with van der Waals surface area (Å²) in [6, 6.07) is 4.12. The van der Waals surface area contributed by atoms with Crippen LogP contribution in [0.15, 0.2) is 22.8 Å². The van der Waals surface area contributed by atoms with Crippen LogP contribution in [0.5, 0.6) is 0 Å². The van der Waals surface area contributed by atoms with Crippen molar-refractivity contribution in [3.8, 4) is 0 Å². The third kappa shape index (κ3) is 2.33. The van der Waals surface area contributed by atoms with Gasteiger partial charge in [-0.05, 0) is 33.0 Å². The van der Waals surface area contributed by atoms with E-state index in [1.807, 2.05) is 19.2 Å². The Morgan fingerprint density at radius 1 is 1.50 bits per heavy atom. The molecule has 0 aliphatic heterocycles. The third-order valence-electron chi connectivity index (χ3n) is 2.69. The maximum atomic E-state index is 5.41. The van der Waals surface area contributed by atoms with E-state index in [0.717, 1.165) is 22.9 Å². The van der Waals surface area contributed by atoms with Crippen molar-refractivity contribution in [1.29, 1.82) is 0 Å². The largest absolute Gasteiger partial charge is 0.468 e. The maximum Gasteiger partial charge on any atom is 0.121 e. The van der Waals surface area contributed by atoms with Crippen LogP contribution < -0.4 is 5.32 Å². The number of likely N-dealkylation sites (N-methyl/N-ethyl adjacent to an activating group) is 1.